The van der Waals surface area contributed by atoms with E-state index in [0.29, 0.717) is 38.1 Å². The van der Waals surface area contributed by atoms with Crippen molar-refractivity contribution < 1.29 is 32.6 Å². The second-order valence-corrected chi connectivity index (χ2v) is 11.8. The van der Waals surface area contributed by atoms with Crippen LogP contribution in [0.3, 0.4) is 0 Å². The predicted octanol–water partition coefficient (Wildman–Crippen LogP) is 3.83. The van der Waals surface area contributed by atoms with E-state index < -0.39 is 17.9 Å². The van der Waals surface area contributed by atoms with Crippen LogP contribution in [0.5, 0.6) is 5.75 Å². The predicted molar refractivity (Wildman–Crippen MR) is 164 cm³/mol. The second kappa shape index (κ2) is 13.8. The maximum Gasteiger partial charge on any atom is 0.387 e. The number of anilines is 1. The Morgan fingerprint density at radius 1 is 1.20 bits per heavy atom. The minimum absolute atomic E-state index is 0.0513. The lowest BCUT2D eigenvalue weighted by Gasteiger charge is -2.37. The molecule has 1 aromatic carbocycles. The Kier molecular flexibility index (Phi) is 9.82. The number of fused-ring (bicyclic) bond motifs is 1. The van der Waals surface area contributed by atoms with Gasteiger partial charge in [-0.25, -0.2) is 9.50 Å². The van der Waals surface area contributed by atoms with Gasteiger partial charge in [0.25, 0.3) is 5.91 Å². The Labute approximate surface area is 268 Å². The van der Waals surface area contributed by atoms with E-state index in [-0.39, 0.29) is 58.3 Å². The first kappa shape index (κ1) is 32.8. The van der Waals surface area contributed by atoms with Gasteiger partial charge in [0.2, 0.25) is 5.91 Å². The topological polar surface area (TPSA) is 136 Å². The average Bonchev–Trinajstić information content (AvgIpc) is 3.62. The van der Waals surface area contributed by atoms with Gasteiger partial charge in [-0.3, -0.25) is 19.1 Å². The molecule has 4 heterocycles. The highest BCUT2D eigenvalue weighted by atomic mass is 35.5. The molecule has 16 heteroatoms. The van der Waals surface area contributed by atoms with Crippen molar-refractivity contribution in [2.75, 3.05) is 45.7 Å². The van der Waals surface area contributed by atoms with E-state index in [1.165, 1.54) is 46.0 Å². The molecule has 5 rings (SSSR count). The highest BCUT2D eigenvalue weighted by Crippen LogP contribution is 2.37. The van der Waals surface area contributed by atoms with E-state index in [1.54, 1.807) is 17.2 Å². The van der Waals surface area contributed by atoms with Crippen molar-refractivity contribution >= 4 is 40.7 Å². The molecule has 1 N–H and O–H groups in total. The van der Waals surface area contributed by atoms with Crippen LogP contribution in [0, 0.1) is 5.41 Å². The molecule has 0 unspecified atom stereocenters. The number of nitrogens with zero attached hydrogens (tertiary/aromatic N) is 7. The van der Waals surface area contributed by atoms with E-state index in [9.17, 15) is 23.2 Å². The smallest absolute Gasteiger partial charge is 0.387 e. The molecule has 46 heavy (non-hydrogen) atoms. The Morgan fingerprint density at radius 2 is 1.96 bits per heavy atom. The van der Waals surface area contributed by atoms with Gasteiger partial charge in [0.1, 0.15) is 30.2 Å². The van der Waals surface area contributed by atoms with Crippen molar-refractivity contribution in [3.05, 3.63) is 59.6 Å². The number of hydrogen-bond donors (Lipinski definition) is 1. The molecule has 0 atom stereocenters. The molecule has 1 saturated heterocycles. The number of likely N-dealkylation sites (N-methyl/N-ethyl adjacent to an activating group) is 1. The number of hydrogen-bond acceptors (Lipinski definition) is 9. The number of halogens is 3. The van der Waals surface area contributed by atoms with Crippen LogP contribution in [0.1, 0.15) is 30.1 Å². The number of carbonyl (C=O) groups excluding carboxylic acids is 3. The number of benzene rings is 1. The fourth-order valence-corrected chi connectivity index (χ4v) is 5.22. The standard InChI is InChI=1S/C30H33ClF2N8O5/c1-30(28(44)45-14-13-38(2)3)7-11-39(12-8-30)24(42)18-40-17-22(36-27(43)21-16-35-41-10-4-9-34-26(21)41)25(37-40)20-15-19(31)5-6-23(20)46-29(32)33/h4-6,9-10,15-17,29H,7-8,11-14,18H2,1-3H3,(H,36,43). The summed E-state index contributed by atoms with van der Waals surface area (Å²) in [4.78, 5) is 47.2. The van der Waals surface area contributed by atoms with Gasteiger partial charge in [-0.2, -0.15) is 19.0 Å². The number of nitrogens with one attached hydrogen (secondary N) is 1. The Balaban J connectivity index is 1.37. The lowest BCUT2D eigenvalue weighted by Crippen LogP contribution is -2.46. The monoisotopic (exact) mass is 658 g/mol. The van der Waals surface area contributed by atoms with Crippen LogP contribution in [0.25, 0.3) is 16.9 Å². The second-order valence-electron chi connectivity index (χ2n) is 11.4. The van der Waals surface area contributed by atoms with Gasteiger partial charge in [0.15, 0.2) is 5.65 Å². The Morgan fingerprint density at radius 3 is 2.67 bits per heavy atom. The molecular weight excluding hydrogens is 626 g/mol. The first-order chi connectivity index (χ1) is 21.9. The van der Waals surface area contributed by atoms with Crippen LogP contribution in [0.15, 0.2) is 49.1 Å². The number of esters is 1. The van der Waals surface area contributed by atoms with Crippen molar-refractivity contribution in [1.82, 2.24) is 34.2 Å². The third-order valence-electron chi connectivity index (χ3n) is 7.73. The lowest BCUT2D eigenvalue weighted by molar-refractivity contribution is -0.159. The summed E-state index contributed by atoms with van der Waals surface area (Å²) in [5, 5.41) is 11.6. The number of alkyl halides is 2. The fraction of sp³-hybridized carbons (Fsp3) is 0.400. The van der Waals surface area contributed by atoms with Crippen molar-refractivity contribution in [3.8, 4) is 17.0 Å². The maximum atomic E-state index is 13.4. The van der Waals surface area contributed by atoms with Gasteiger partial charge in [-0.15, -0.1) is 0 Å². The van der Waals surface area contributed by atoms with Crippen LogP contribution >= 0.6 is 11.6 Å². The van der Waals surface area contributed by atoms with Crippen LogP contribution in [0.4, 0.5) is 14.5 Å². The molecule has 1 aliphatic heterocycles. The molecule has 0 saturated carbocycles. The van der Waals surface area contributed by atoms with Gasteiger partial charge >= 0.3 is 12.6 Å². The summed E-state index contributed by atoms with van der Waals surface area (Å²) >= 11 is 6.21. The molecular formula is C30H33ClF2N8O5. The number of piperidine rings is 1. The van der Waals surface area contributed by atoms with E-state index in [0.717, 1.165) is 0 Å². The van der Waals surface area contributed by atoms with Crippen molar-refractivity contribution in [2.45, 2.75) is 32.9 Å². The molecule has 0 spiro atoms. The highest BCUT2D eigenvalue weighted by molar-refractivity contribution is 6.31. The summed E-state index contributed by atoms with van der Waals surface area (Å²) in [6.07, 6.45) is 6.77. The van der Waals surface area contributed by atoms with E-state index in [1.807, 2.05) is 25.9 Å². The summed E-state index contributed by atoms with van der Waals surface area (Å²) in [5.74, 6) is -1.39. The molecule has 4 aromatic rings. The molecule has 0 aliphatic carbocycles. The largest absolute Gasteiger partial charge is 0.464 e. The number of aromatic nitrogens is 5. The lowest BCUT2D eigenvalue weighted by atomic mass is 9.80. The normalized spacial score (nSPS) is 14.6. The third kappa shape index (κ3) is 7.42. The number of ether oxygens (including phenoxy) is 2. The third-order valence-corrected chi connectivity index (χ3v) is 7.96. The molecule has 0 radical (unpaired) electrons. The van der Waals surface area contributed by atoms with Crippen LogP contribution in [-0.4, -0.2) is 98.9 Å². The molecule has 1 fully saturated rings. The molecule has 3 aromatic heterocycles. The van der Waals surface area contributed by atoms with Gasteiger partial charge in [-0.1, -0.05) is 11.6 Å². The van der Waals surface area contributed by atoms with E-state index >= 15 is 0 Å². The summed E-state index contributed by atoms with van der Waals surface area (Å²) in [6, 6.07) is 5.69. The first-order valence-corrected chi connectivity index (χ1v) is 14.8. The fourth-order valence-electron chi connectivity index (χ4n) is 5.04. The summed E-state index contributed by atoms with van der Waals surface area (Å²) in [6.45, 7) is 0.0383. The average molecular weight is 659 g/mol. The van der Waals surface area contributed by atoms with Gasteiger partial charge in [-0.05, 0) is 58.1 Å². The summed E-state index contributed by atoms with van der Waals surface area (Å²) in [5.41, 5.74) is -0.0140. The maximum absolute atomic E-state index is 13.4. The van der Waals surface area contributed by atoms with Gasteiger partial charge in [0.05, 0.1) is 17.3 Å². The Bertz CT molecular complexity index is 1740. The van der Waals surface area contributed by atoms with Crippen LogP contribution in [0.2, 0.25) is 5.02 Å². The van der Waals surface area contributed by atoms with Gasteiger partial charge in [0, 0.05) is 48.8 Å². The van der Waals surface area contributed by atoms with Crippen LogP contribution in [-0.2, 0) is 20.9 Å². The summed E-state index contributed by atoms with van der Waals surface area (Å²) in [7, 11) is 3.78. The highest BCUT2D eigenvalue weighted by Gasteiger charge is 2.39. The number of likely N-dealkylation sites (tertiary alicyclic amines) is 1. The van der Waals surface area contributed by atoms with Crippen LogP contribution < -0.4 is 10.1 Å². The minimum atomic E-state index is -3.14. The molecule has 1 aliphatic rings. The SMILES string of the molecule is CN(C)CCOC(=O)C1(C)CCN(C(=O)Cn2cc(NC(=O)c3cnn4cccnc34)c(-c3cc(Cl)ccc3OC(F)F)n2)CC1. The molecule has 244 valence electrons. The zero-order chi connectivity index (χ0) is 33.0. The van der Waals surface area contributed by atoms with Crippen molar-refractivity contribution in [3.63, 3.8) is 0 Å². The quantitative estimate of drug-likeness (QED) is 0.239. The number of amides is 2. The molecule has 13 nitrogen and oxygen atoms in total. The molecule has 2 amide bonds. The zero-order valence-corrected chi connectivity index (χ0v) is 26.2. The minimum Gasteiger partial charge on any atom is -0.464 e. The van der Waals surface area contributed by atoms with Crippen molar-refractivity contribution in [1.29, 1.82) is 0 Å². The van der Waals surface area contributed by atoms with Gasteiger partial charge < -0.3 is 24.6 Å². The summed E-state index contributed by atoms with van der Waals surface area (Å²) < 4.78 is 39.5. The first-order valence-electron chi connectivity index (χ1n) is 14.4. The van der Waals surface area contributed by atoms with Crippen molar-refractivity contribution in [2.24, 2.45) is 5.41 Å². The zero-order valence-electron chi connectivity index (χ0n) is 25.5. The number of carbonyl (C=O) groups is 3. The number of rotatable bonds is 11. The van der Waals surface area contributed by atoms with E-state index in [2.05, 4.69) is 20.5 Å². The molecule has 0 bridgehead atoms. The van der Waals surface area contributed by atoms with E-state index in [4.69, 9.17) is 21.1 Å². The Hall–Kier alpha value is -4.63.